The van der Waals surface area contributed by atoms with Gasteiger partial charge in [0.05, 0.1) is 6.61 Å². The molecule has 0 radical (unpaired) electrons. The van der Waals surface area contributed by atoms with Crippen LogP contribution < -0.4 is 0 Å². The van der Waals surface area contributed by atoms with E-state index in [1.165, 1.54) is 45.3 Å². The molecular weight excluding hydrogens is 188 g/mol. The van der Waals surface area contributed by atoms with Crippen LogP contribution in [0.2, 0.25) is 0 Å². The quantitative estimate of drug-likeness (QED) is 0.730. The van der Waals surface area contributed by atoms with Crippen molar-refractivity contribution < 1.29 is 5.11 Å². The molecule has 1 saturated carbocycles. The SMILES string of the molecule is CN1CCC(CN(CCO)C2CC2)CC1. The van der Waals surface area contributed by atoms with Crippen molar-refractivity contribution in [3.63, 3.8) is 0 Å². The first-order valence-corrected chi connectivity index (χ1v) is 6.33. The molecule has 1 aliphatic heterocycles. The van der Waals surface area contributed by atoms with Crippen molar-refractivity contribution in [3.05, 3.63) is 0 Å². The summed E-state index contributed by atoms with van der Waals surface area (Å²) in [6.07, 6.45) is 5.38. The summed E-state index contributed by atoms with van der Waals surface area (Å²) in [5.41, 5.74) is 0. The Morgan fingerprint density at radius 1 is 1.20 bits per heavy atom. The Bertz CT molecular complexity index is 186. The smallest absolute Gasteiger partial charge is 0.0558 e. The van der Waals surface area contributed by atoms with Crippen LogP contribution in [-0.4, -0.2) is 60.8 Å². The van der Waals surface area contributed by atoms with Gasteiger partial charge in [0.15, 0.2) is 0 Å². The molecule has 1 N–H and O–H groups in total. The first-order chi connectivity index (χ1) is 7.29. The Hall–Kier alpha value is -0.120. The molecule has 0 aromatic heterocycles. The number of piperidine rings is 1. The average Bonchev–Trinajstić information content (AvgIpc) is 3.04. The van der Waals surface area contributed by atoms with E-state index in [-0.39, 0.29) is 0 Å². The zero-order valence-corrected chi connectivity index (χ0v) is 9.86. The van der Waals surface area contributed by atoms with E-state index in [1.807, 2.05) is 0 Å². The maximum absolute atomic E-state index is 9.03. The highest BCUT2D eigenvalue weighted by Crippen LogP contribution is 2.28. The highest BCUT2D eigenvalue weighted by Gasteiger charge is 2.30. The molecule has 88 valence electrons. The second-order valence-corrected chi connectivity index (χ2v) is 5.20. The molecule has 0 aromatic carbocycles. The largest absolute Gasteiger partial charge is 0.395 e. The van der Waals surface area contributed by atoms with Crippen LogP contribution in [0.1, 0.15) is 25.7 Å². The van der Waals surface area contributed by atoms with Gasteiger partial charge in [-0.2, -0.15) is 0 Å². The summed E-state index contributed by atoms with van der Waals surface area (Å²) in [5, 5.41) is 9.03. The maximum Gasteiger partial charge on any atom is 0.0558 e. The fourth-order valence-corrected chi connectivity index (χ4v) is 2.57. The minimum atomic E-state index is 0.323. The Labute approximate surface area is 93.1 Å². The van der Waals surface area contributed by atoms with Crippen LogP contribution in [0.5, 0.6) is 0 Å². The van der Waals surface area contributed by atoms with Crippen molar-refractivity contribution in [2.24, 2.45) is 5.92 Å². The van der Waals surface area contributed by atoms with Crippen molar-refractivity contribution in [3.8, 4) is 0 Å². The number of nitrogens with zero attached hydrogens (tertiary/aromatic N) is 2. The first-order valence-electron chi connectivity index (χ1n) is 6.33. The minimum absolute atomic E-state index is 0.323. The van der Waals surface area contributed by atoms with E-state index >= 15 is 0 Å². The van der Waals surface area contributed by atoms with Gasteiger partial charge >= 0.3 is 0 Å². The molecule has 0 aromatic rings. The third-order valence-electron chi connectivity index (χ3n) is 3.78. The van der Waals surface area contributed by atoms with Gasteiger partial charge in [-0.3, -0.25) is 4.90 Å². The van der Waals surface area contributed by atoms with E-state index < -0.39 is 0 Å². The van der Waals surface area contributed by atoms with Crippen LogP contribution >= 0.6 is 0 Å². The third kappa shape index (κ3) is 3.44. The van der Waals surface area contributed by atoms with Gasteiger partial charge < -0.3 is 10.0 Å². The molecule has 1 aliphatic carbocycles. The van der Waals surface area contributed by atoms with Gasteiger partial charge in [-0.15, -0.1) is 0 Å². The normalized spacial score (nSPS) is 25.0. The molecule has 3 heteroatoms. The number of hydrogen-bond donors (Lipinski definition) is 1. The summed E-state index contributed by atoms with van der Waals surface area (Å²) in [6.45, 7) is 4.93. The van der Waals surface area contributed by atoms with Crippen molar-refractivity contribution in [1.82, 2.24) is 9.80 Å². The molecule has 0 spiro atoms. The summed E-state index contributed by atoms with van der Waals surface area (Å²) >= 11 is 0. The van der Waals surface area contributed by atoms with Gasteiger partial charge in [0.1, 0.15) is 0 Å². The Morgan fingerprint density at radius 2 is 1.87 bits per heavy atom. The zero-order valence-electron chi connectivity index (χ0n) is 9.86. The molecule has 0 unspecified atom stereocenters. The van der Waals surface area contributed by atoms with E-state index in [1.54, 1.807) is 0 Å². The topological polar surface area (TPSA) is 26.7 Å². The summed E-state index contributed by atoms with van der Waals surface area (Å²) in [4.78, 5) is 4.93. The summed E-state index contributed by atoms with van der Waals surface area (Å²) in [6, 6.07) is 0.803. The van der Waals surface area contributed by atoms with Crippen LogP contribution in [0.25, 0.3) is 0 Å². The molecule has 0 amide bonds. The summed E-state index contributed by atoms with van der Waals surface area (Å²) < 4.78 is 0. The fraction of sp³-hybridized carbons (Fsp3) is 1.00. The van der Waals surface area contributed by atoms with Crippen LogP contribution in [0.4, 0.5) is 0 Å². The van der Waals surface area contributed by atoms with Crippen LogP contribution in [0.3, 0.4) is 0 Å². The summed E-state index contributed by atoms with van der Waals surface area (Å²) in [5.74, 6) is 0.869. The van der Waals surface area contributed by atoms with E-state index in [4.69, 9.17) is 5.11 Å². The van der Waals surface area contributed by atoms with Gasteiger partial charge in [-0.1, -0.05) is 0 Å². The molecule has 2 fully saturated rings. The molecule has 15 heavy (non-hydrogen) atoms. The standard InChI is InChI=1S/C12H24N2O/c1-13-6-4-11(5-7-13)10-14(8-9-15)12-2-3-12/h11-12,15H,2-10H2,1H3. The summed E-state index contributed by atoms with van der Waals surface area (Å²) in [7, 11) is 2.21. The van der Waals surface area contributed by atoms with Crippen LogP contribution in [0.15, 0.2) is 0 Å². The number of likely N-dealkylation sites (tertiary alicyclic amines) is 1. The maximum atomic E-state index is 9.03. The fourth-order valence-electron chi connectivity index (χ4n) is 2.57. The minimum Gasteiger partial charge on any atom is -0.395 e. The van der Waals surface area contributed by atoms with Gasteiger partial charge in [0, 0.05) is 19.1 Å². The predicted molar refractivity (Wildman–Crippen MR) is 61.9 cm³/mol. The number of aliphatic hydroxyl groups excluding tert-OH is 1. The lowest BCUT2D eigenvalue weighted by Gasteiger charge is -2.33. The van der Waals surface area contributed by atoms with Gasteiger partial charge in [0.25, 0.3) is 0 Å². The Morgan fingerprint density at radius 3 is 2.40 bits per heavy atom. The van der Waals surface area contributed by atoms with Crippen molar-refractivity contribution in [2.75, 3.05) is 39.8 Å². The zero-order chi connectivity index (χ0) is 10.7. The molecular formula is C12H24N2O. The lowest BCUT2D eigenvalue weighted by Crippen LogP contribution is -2.39. The predicted octanol–water partition coefficient (Wildman–Crippen LogP) is 0.785. The first kappa shape index (κ1) is 11.4. The number of hydrogen-bond acceptors (Lipinski definition) is 3. The van der Waals surface area contributed by atoms with Crippen molar-refractivity contribution in [2.45, 2.75) is 31.7 Å². The lowest BCUT2D eigenvalue weighted by molar-refractivity contribution is 0.134. The van der Waals surface area contributed by atoms with Crippen LogP contribution in [-0.2, 0) is 0 Å². The lowest BCUT2D eigenvalue weighted by atomic mass is 9.96. The van der Waals surface area contributed by atoms with E-state index in [9.17, 15) is 0 Å². The molecule has 1 saturated heterocycles. The molecule has 0 bridgehead atoms. The average molecular weight is 212 g/mol. The molecule has 2 rings (SSSR count). The monoisotopic (exact) mass is 212 g/mol. The van der Waals surface area contributed by atoms with Crippen molar-refractivity contribution in [1.29, 1.82) is 0 Å². The third-order valence-corrected chi connectivity index (χ3v) is 3.78. The Balaban J connectivity index is 1.73. The Kier molecular flexibility index (Phi) is 4.00. The van der Waals surface area contributed by atoms with E-state index in [2.05, 4.69) is 16.8 Å². The highest BCUT2D eigenvalue weighted by atomic mass is 16.3. The van der Waals surface area contributed by atoms with Gasteiger partial charge in [-0.05, 0) is 51.7 Å². The van der Waals surface area contributed by atoms with Crippen LogP contribution in [0, 0.1) is 5.92 Å². The number of rotatable bonds is 5. The molecule has 3 nitrogen and oxygen atoms in total. The highest BCUT2D eigenvalue weighted by molar-refractivity contribution is 4.86. The molecule has 2 aliphatic rings. The van der Waals surface area contributed by atoms with Gasteiger partial charge in [-0.25, -0.2) is 0 Å². The number of aliphatic hydroxyl groups is 1. The molecule has 1 heterocycles. The second kappa shape index (κ2) is 5.28. The van der Waals surface area contributed by atoms with E-state index in [0.29, 0.717) is 6.61 Å². The second-order valence-electron chi connectivity index (χ2n) is 5.20. The van der Waals surface area contributed by atoms with E-state index in [0.717, 1.165) is 18.5 Å². The molecule has 0 atom stereocenters. The van der Waals surface area contributed by atoms with Gasteiger partial charge in [0.2, 0.25) is 0 Å². The van der Waals surface area contributed by atoms with Crippen molar-refractivity contribution >= 4 is 0 Å².